The molecule has 3 heteroatoms. The van der Waals surface area contributed by atoms with Crippen molar-refractivity contribution in [1.29, 1.82) is 5.26 Å². The van der Waals surface area contributed by atoms with Crippen molar-refractivity contribution in [3.63, 3.8) is 0 Å². The van der Waals surface area contributed by atoms with E-state index in [2.05, 4.69) is 25.2 Å². The second-order valence-corrected chi connectivity index (χ2v) is 5.85. The zero-order valence-corrected chi connectivity index (χ0v) is 11.2. The number of hydrogen-bond acceptors (Lipinski definition) is 3. The number of nitrogen functional groups attached to an aromatic ring is 1. The summed E-state index contributed by atoms with van der Waals surface area (Å²) in [6.07, 6.45) is 4.98. The van der Waals surface area contributed by atoms with Gasteiger partial charge in [0, 0.05) is 6.04 Å². The van der Waals surface area contributed by atoms with Crippen LogP contribution in [0.3, 0.4) is 0 Å². The van der Waals surface area contributed by atoms with Gasteiger partial charge >= 0.3 is 0 Å². The first-order valence-corrected chi connectivity index (χ1v) is 6.59. The van der Waals surface area contributed by atoms with Gasteiger partial charge in [0.1, 0.15) is 0 Å². The lowest BCUT2D eigenvalue weighted by molar-refractivity contribution is 0.217. The Kier molecular flexibility index (Phi) is 3.47. The van der Waals surface area contributed by atoms with Crippen LogP contribution < -0.4 is 11.1 Å². The minimum Gasteiger partial charge on any atom is -0.397 e. The van der Waals surface area contributed by atoms with Crippen LogP contribution in [0.2, 0.25) is 0 Å². The fourth-order valence-electron chi connectivity index (χ4n) is 2.70. The van der Waals surface area contributed by atoms with Crippen molar-refractivity contribution in [3.05, 3.63) is 23.8 Å². The molecular formula is C15H21N3. The molecule has 96 valence electrons. The smallest absolute Gasteiger partial charge is 0.0992 e. The Morgan fingerprint density at radius 3 is 2.83 bits per heavy atom. The lowest BCUT2D eigenvalue weighted by Crippen LogP contribution is -2.39. The van der Waals surface area contributed by atoms with E-state index in [0.717, 1.165) is 11.4 Å². The lowest BCUT2D eigenvalue weighted by Gasteiger charge is -2.39. The number of nitrogens with one attached hydrogen (secondary N) is 1. The largest absolute Gasteiger partial charge is 0.397 e. The van der Waals surface area contributed by atoms with Gasteiger partial charge in [0.05, 0.1) is 23.0 Å². The topological polar surface area (TPSA) is 61.8 Å². The molecule has 1 aliphatic carbocycles. The maximum atomic E-state index is 8.94. The van der Waals surface area contributed by atoms with Crippen LogP contribution in [0.5, 0.6) is 0 Å². The van der Waals surface area contributed by atoms with E-state index >= 15 is 0 Å². The summed E-state index contributed by atoms with van der Waals surface area (Å²) in [4.78, 5) is 0. The van der Waals surface area contributed by atoms with Crippen LogP contribution in [0.1, 0.15) is 45.1 Å². The first kappa shape index (κ1) is 12.8. The molecule has 2 rings (SSSR count). The molecule has 1 atom stereocenters. The Morgan fingerprint density at radius 2 is 2.17 bits per heavy atom. The quantitative estimate of drug-likeness (QED) is 0.781. The maximum Gasteiger partial charge on any atom is 0.0992 e. The molecule has 1 fully saturated rings. The van der Waals surface area contributed by atoms with Crippen molar-refractivity contribution in [2.24, 2.45) is 5.41 Å². The minimum atomic E-state index is 0.285. The fourth-order valence-corrected chi connectivity index (χ4v) is 2.70. The van der Waals surface area contributed by atoms with Crippen LogP contribution in [0.4, 0.5) is 11.4 Å². The molecule has 0 spiro atoms. The third-order valence-corrected chi connectivity index (χ3v) is 4.02. The van der Waals surface area contributed by atoms with Gasteiger partial charge in [-0.1, -0.05) is 26.7 Å². The highest BCUT2D eigenvalue weighted by molar-refractivity contribution is 5.68. The highest BCUT2D eigenvalue weighted by Crippen LogP contribution is 2.38. The molecule has 3 N–H and O–H groups in total. The number of benzene rings is 1. The minimum absolute atomic E-state index is 0.285. The first-order chi connectivity index (χ1) is 8.53. The van der Waals surface area contributed by atoms with Gasteiger partial charge in [-0.2, -0.15) is 5.26 Å². The summed E-state index contributed by atoms with van der Waals surface area (Å²) in [7, 11) is 0. The number of anilines is 2. The van der Waals surface area contributed by atoms with Gasteiger partial charge in [-0.25, -0.2) is 0 Å². The summed E-state index contributed by atoms with van der Waals surface area (Å²) in [6, 6.07) is 8.00. The number of nitrogens with two attached hydrogens (primary N) is 1. The fraction of sp³-hybridized carbons (Fsp3) is 0.533. The van der Waals surface area contributed by atoms with Crippen molar-refractivity contribution >= 4 is 11.4 Å². The summed E-state index contributed by atoms with van der Waals surface area (Å²) >= 11 is 0. The van der Waals surface area contributed by atoms with Crippen molar-refractivity contribution in [2.45, 2.75) is 45.6 Å². The van der Waals surface area contributed by atoms with Gasteiger partial charge in [-0.05, 0) is 36.5 Å². The molecule has 0 aliphatic heterocycles. The third kappa shape index (κ3) is 2.59. The van der Waals surface area contributed by atoms with E-state index in [1.54, 1.807) is 12.1 Å². The maximum absolute atomic E-state index is 8.94. The van der Waals surface area contributed by atoms with E-state index in [4.69, 9.17) is 11.0 Å². The third-order valence-electron chi connectivity index (χ3n) is 4.02. The number of nitriles is 1. The van der Waals surface area contributed by atoms with Crippen molar-refractivity contribution in [1.82, 2.24) is 0 Å². The van der Waals surface area contributed by atoms with E-state index < -0.39 is 0 Å². The predicted octanol–water partition coefficient (Wildman–Crippen LogP) is 3.52. The van der Waals surface area contributed by atoms with Crippen LogP contribution >= 0.6 is 0 Å². The van der Waals surface area contributed by atoms with Gasteiger partial charge in [-0.15, -0.1) is 0 Å². The Morgan fingerprint density at radius 1 is 1.39 bits per heavy atom. The van der Waals surface area contributed by atoms with E-state index in [9.17, 15) is 0 Å². The Balaban J connectivity index is 2.20. The van der Waals surface area contributed by atoms with Crippen LogP contribution in [0.25, 0.3) is 0 Å². The molecule has 1 saturated carbocycles. The Bertz CT molecular complexity index is 471. The average Bonchev–Trinajstić information content (AvgIpc) is 2.34. The van der Waals surface area contributed by atoms with Crippen LogP contribution in [-0.2, 0) is 0 Å². The molecule has 0 bridgehead atoms. The van der Waals surface area contributed by atoms with Gasteiger partial charge in [0.2, 0.25) is 0 Å². The second-order valence-electron chi connectivity index (χ2n) is 5.85. The summed E-state index contributed by atoms with van der Waals surface area (Å²) in [6.45, 7) is 4.60. The molecular weight excluding hydrogens is 222 g/mol. The molecule has 0 radical (unpaired) electrons. The van der Waals surface area contributed by atoms with Gasteiger partial charge in [0.25, 0.3) is 0 Å². The molecule has 1 unspecified atom stereocenters. The summed E-state index contributed by atoms with van der Waals surface area (Å²) in [5.41, 5.74) is 8.53. The van der Waals surface area contributed by atoms with Gasteiger partial charge in [-0.3, -0.25) is 0 Å². The van der Waals surface area contributed by atoms with E-state index in [1.807, 2.05) is 6.07 Å². The summed E-state index contributed by atoms with van der Waals surface area (Å²) < 4.78 is 0. The SMILES string of the molecule is CC1(C)CCCCC1Nc1cc(C#N)ccc1N. The standard InChI is InChI=1S/C15H21N3/c1-15(2)8-4-3-5-14(15)18-13-9-11(10-16)6-7-12(13)17/h6-7,9,14,18H,3-5,8,17H2,1-2H3. The number of nitrogens with zero attached hydrogens (tertiary/aromatic N) is 1. The van der Waals surface area contributed by atoms with Crippen molar-refractivity contribution in [3.8, 4) is 6.07 Å². The van der Waals surface area contributed by atoms with Gasteiger partial charge < -0.3 is 11.1 Å². The molecule has 0 amide bonds. The van der Waals surface area contributed by atoms with Crippen LogP contribution in [-0.4, -0.2) is 6.04 Å². The zero-order chi connectivity index (χ0) is 13.2. The highest BCUT2D eigenvalue weighted by Gasteiger charge is 2.32. The molecule has 1 aliphatic rings. The molecule has 1 aromatic rings. The van der Waals surface area contributed by atoms with Crippen LogP contribution in [0, 0.1) is 16.7 Å². The second kappa shape index (κ2) is 4.89. The number of rotatable bonds is 2. The molecule has 18 heavy (non-hydrogen) atoms. The van der Waals surface area contributed by atoms with Crippen molar-refractivity contribution < 1.29 is 0 Å². The van der Waals surface area contributed by atoms with Crippen molar-refractivity contribution in [2.75, 3.05) is 11.1 Å². The average molecular weight is 243 g/mol. The Labute approximate surface area is 109 Å². The Hall–Kier alpha value is -1.69. The monoisotopic (exact) mass is 243 g/mol. The zero-order valence-electron chi connectivity index (χ0n) is 11.2. The molecule has 0 heterocycles. The summed E-state index contributed by atoms with van der Waals surface area (Å²) in [5, 5.41) is 12.5. The van der Waals surface area contributed by atoms with Crippen LogP contribution in [0.15, 0.2) is 18.2 Å². The van der Waals surface area contributed by atoms with E-state index in [0.29, 0.717) is 11.6 Å². The number of hydrogen-bond donors (Lipinski definition) is 2. The predicted molar refractivity (Wildman–Crippen MR) is 75.2 cm³/mol. The lowest BCUT2D eigenvalue weighted by atomic mass is 9.73. The molecule has 1 aromatic carbocycles. The normalized spacial score (nSPS) is 22.2. The summed E-state index contributed by atoms with van der Waals surface area (Å²) in [5.74, 6) is 0. The van der Waals surface area contributed by atoms with E-state index in [-0.39, 0.29) is 5.41 Å². The first-order valence-electron chi connectivity index (χ1n) is 6.59. The molecule has 0 aromatic heterocycles. The molecule has 0 saturated heterocycles. The highest BCUT2D eigenvalue weighted by atomic mass is 15.0. The molecule has 3 nitrogen and oxygen atoms in total. The van der Waals surface area contributed by atoms with Gasteiger partial charge in [0.15, 0.2) is 0 Å². The van der Waals surface area contributed by atoms with E-state index in [1.165, 1.54) is 25.7 Å².